The first-order valence-electron chi connectivity index (χ1n) is 5.14. The van der Waals surface area contributed by atoms with Crippen molar-refractivity contribution in [3.8, 4) is 0 Å². The quantitative estimate of drug-likeness (QED) is 0.655. The third-order valence-corrected chi connectivity index (χ3v) is 2.55. The highest BCUT2D eigenvalue weighted by atomic mass is 16.5. The first kappa shape index (κ1) is 10.1. The first-order valence-corrected chi connectivity index (χ1v) is 5.14. The second kappa shape index (κ2) is 5.60. The van der Waals surface area contributed by atoms with Crippen molar-refractivity contribution >= 4 is 7.12 Å². The lowest BCUT2D eigenvalue weighted by Gasteiger charge is -2.22. The Hall–Kier alpha value is -0.0151. The molecule has 0 aromatic carbocycles. The van der Waals surface area contributed by atoms with Gasteiger partial charge in [0.25, 0.3) is 0 Å². The zero-order chi connectivity index (χ0) is 8.81. The maximum atomic E-state index is 9.58. The van der Waals surface area contributed by atoms with Gasteiger partial charge in [-0.1, -0.05) is 39.0 Å². The van der Waals surface area contributed by atoms with Gasteiger partial charge >= 0.3 is 7.12 Å². The Morgan fingerprint density at radius 1 is 1.33 bits per heavy atom. The molecule has 0 radical (unpaired) electrons. The fourth-order valence-electron chi connectivity index (χ4n) is 1.79. The van der Waals surface area contributed by atoms with E-state index < -0.39 is 7.12 Å². The largest absolute Gasteiger partial charge is 0.457 e. The smallest absolute Gasteiger partial charge is 0.427 e. The highest BCUT2D eigenvalue weighted by Crippen LogP contribution is 2.30. The standard InChI is InChI=1S/C9H19BO2/c1-2-8-12-10(11)9-6-4-3-5-7-9/h9,11H,2-8H2,1H3. The van der Waals surface area contributed by atoms with E-state index in [1.807, 2.05) is 0 Å². The van der Waals surface area contributed by atoms with Crippen LogP contribution in [0.1, 0.15) is 45.4 Å². The van der Waals surface area contributed by atoms with Crippen LogP contribution in [-0.2, 0) is 4.65 Å². The Labute approximate surface area is 75.5 Å². The molecule has 0 aromatic heterocycles. The summed E-state index contributed by atoms with van der Waals surface area (Å²) in [6.07, 6.45) is 7.13. The molecule has 3 heteroatoms. The van der Waals surface area contributed by atoms with E-state index in [-0.39, 0.29) is 0 Å². The fourth-order valence-corrected chi connectivity index (χ4v) is 1.79. The van der Waals surface area contributed by atoms with Crippen LogP contribution in [-0.4, -0.2) is 18.7 Å². The predicted octanol–water partition coefficient (Wildman–Crippen LogP) is 2.23. The van der Waals surface area contributed by atoms with Gasteiger partial charge in [-0.05, 0) is 12.2 Å². The number of hydrogen-bond donors (Lipinski definition) is 1. The third kappa shape index (κ3) is 3.15. The Morgan fingerprint density at radius 2 is 2.00 bits per heavy atom. The van der Waals surface area contributed by atoms with Crippen LogP contribution >= 0.6 is 0 Å². The summed E-state index contributed by atoms with van der Waals surface area (Å²) in [5.74, 6) is 0.408. The summed E-state index contributed by atoms with van der Waals surface area (Å²) in [6.45, 7) is 2.76. The minimum atomic E-state index is -0.495. The zero-order valence-electron chi connectivity index (χ0n) is 7.96. The normalized spacial score (nSPS) is 19.5. The zero-order valence-corrected chi connectivity index (χ0v) is 7.96. The van der Waals surface area contributed by atoms with Gasteiger partial charge in [0.2, 0.25) is 0 Å². The SMILES string of the molecule is CCCOB(O)C1CCCCC1. The Balaban J connectivity index is 2.15. The van der Waals surface area contributed by atoms with Gasteiger partial charge in [0, 0.05) is 6.61 Å². The van der Waals surface area contributed by atoms with Crippen molar-refractivity contribution in [1.29, 1.82) is 0 Å². The molecular weight excluding hydrogens is 151 g/mol. The van der Waals surface area contributed by atoms with E-state index >= 15 is 0 Å². The average molecular weight is 170 g/mol. The monoisotopic (exact) mass is 170 g/mol. The molecule has 0 saturated heterocycles. The van der Waals surface area contributed by atoms with Gasteiger partial charge in [-0.2, -0.15) is 0 Å². The molecule has 0 heterocycles. The lowest BCUT2D eigenvalue weighted by atomic mass is 9.65. The summed E-state index contributed by atoms with van der Waals surface area (Å²) in [5, 5.41) is 9.58. The van der Waals surface area contributed by atoms with Crippen LogP contribution in [0.25, 0.3) is 0 Å². The molecule has 1 aliphatic carbocycles. The number of hydrogen-bond acceptors (Lipinski definition) is 2. The lowest BCUT2D eigenvalue weighted by Crippen LogP contribution is -2.27. The van der Waals surface area contributed by atoms with Crippen LogP contribution in [0.2, 0.25) is 5.82 Å². The maximum Gasteiger partial charge on any atom is 0.457 e. The van der Waals surface area contributed by atoms with E-state index in [4.69, 9.17) is 4.65 Å². The molecule has 1 rings (SSSR count). The molecule has 0 aromatic rings. The van der Waals surface area contributed by atoms with Gasteiger partial charge in [-0.3, -0.25) is 0 Å². The van der Waals surface area contributed by atoms with Crippen LogP contribution in [0.3, 0.4) is 0 Å². The summed E-state index contributed by atoms with van der Waals surface area (Å²) < 4.78 is 5.29. The molecular formula is C9H19BO2. The average Bonchev–Trinajstić information content (AvgIpc) is 2.15. The molecule has 0 bridgehead atoms. The van der Waals surface area contributed by atoms with Crippen molar-refractivity contribution in [2.45, 2.75) is 51.3 Å². The summed E-state index contributed by atoms with van der Waals surface area (Å²) in [7, 11) is -0.495. The molecule has 0 atom stereocenters. The summed E-state index contributed by atoms with van der Waals surface area (Å²) in [6, 6.07) is 0. The van der Waals surface area contributed by atoms with Gasteiger partial charge in [-0.15, -0.1) is 0 Å². The second-order valence-corrected chi connectivity index (χ2v) is 3.66. The molecule has 0 spiro atoms. The van der Waals surface area contributed by atoms with Crippen LogP contribution < -0.4 is 0 Å². The lowest BCUT2D eigenvalue weighted by molar-refractivity contribution is 0.238. The van der Waals surface area contributed by atoms with Crippen LogP contribution in [0, 0.1) is 0 Å². The van der Waals surface area contributed by atoms with Crippen molar-refractivity contribution in [2.24, 2.45) is 0 Å². The topological polar surface area (TPSA) is 29.5 Å². The molecule has 70 valence electrons. The first-order chi connectivity index (χ1) is 5.84. The van der Waals surface area contributed by atoms with Crippen LogP contribution in [0.15, 0.2) is 0 Å². The highest BCUT2D eigenvalue weighted by molar-refractivity contribution is 6.44. The van der Waals surface area contributed by atoms with Crippen molar-refractivity contribution < 1.29 is 9.68 Å². The van der Waals surface area contributed by atoms with E-state index in [0.717, 1.165) is 19.3 Å². The van der Waals surface area contributed by atoms with Crippen molar-refractivity contribution in [3.05, 3.63) is 0 Å². The van der Waals surface area contributed by atoms with Gasteiger partial charge < -0.3 is 9.68 Å². The van der Waals surface area contributed by atoms with Crippen LogP contribution in [0.4, 0.5) is 0 Å². The molecule has 1 saturated carbocycles. The van der Waals surface area contributed by atoms with Crippen molar-refractivity contribution in [1.82, 2.24) is 0 Å². The molecule has 0 amide bonds. The van der Waals surface area contributed by atoms with Crippen molar-refractivity contribution in [2.75, 3.05) is 6.61 Å². The van der Waals surface area contributed by atoms with Gasteiger partial charge in [0.1, 0.15) is 0 Å². The maximum absolute atomic E-state index is 9.58. The van der Waals surface area contributed by atoms with E-state index in [1.165, 1.54) is 19.3 Å². The van der Waals surface area contributed by atoms with Crippen molar-refractivity contribution in [3.63, 3.8) is 0 Å². The van der Waals surface area contributed by atoms with Gasteiger partial charge in [-0.25, -0.2) is 0 Å². The van der Waals surface area contributed by atoms with E-state index in [2.05, 4.69) is 6.92 Å². The van der Waals surface area contributed by atoms with Gasteiger partial charge in [0.05, 0.1) is 0 Å². The summed E-state index contributed by atoms with van der Waals surface area (Å²) in [4.78, 5) is 0. The molecule has 12 heavy (non-hydrogen) atoms. The molecule has 0 aliphatic heterocycles. The minimum absolute atomic E-state index is 0.408. The molecule has 1 N–H and O–H groups in total. The molecule has 1 fully saturated rings. The van der Waals surface area contributed by atoms with Gasteiger partial charge in [0.15, 0.2) is 0 Å². The van der Waals surface area contributed by atoms with E-state index in [0.29, 0.717) is 12.4 Å². The molecule has 1 aliphatic rings. The minimum Gasteiger partial charge on any atom is -0.427 e. The summed E-state index contributed by atoms with van der Waals surface area (Å²) >= 11 is 0. The van der Waals surface area contributed by atoms with E-state index in [1.54, 1.807) is 0 Å². The predicted molar refractivity (Wildman–Crippen MR) is 51.1 cm³/mol. The Kier molecular flexibility index (Phi) is 4.70. The molecule has 0 unspecified atom stereocenters. The molecule has 2 nitrogen and oxygen atoms in total. The van der Waals surface area contributed by atoms with Crippen LogP contribution in [0.5, 0.6) is 0 Å². The van der Waals surface area contributed by atoms with E-state index in [9.17, 15) is 5.02 Å². The highest BCUT2D eigenvalue weighted by Gasteiger charge is 2.27. The summed E-state index contributed by atoms with van der Waals surface area (Å²) in [5.41, 5.74) is 0. The third-order valence-electron chi connectivity index (χ3n) is 2.55. The Bertz CT molecular complexity index is 113. The second-order valence-electron chi connectivity index (χ2n) is 3.66. The Morgan fingerprint density at radius 3 is 2.58 bits per heavy atom. The fraction of sp³-hybridized carbons (Fsp3) is 1.00. The number of rotatable bonds is 4.